The molecule has 1 saturated carbocycles. The lowest BCUT2D eigenvalue weighted by Crippen LogP contribution is -2.41. The SMILES string of the molecule is CN(C(=O)c1ncn[nH]1)C1CCC(C)(C)CC1. The van der Waals surface area contributed by atoms with E-state index >= 15 is 0 Å². The van der Waals surface area contributed by atoms with E-state index in [4.69, 9.17) is 0 Å². The summed E-state index contributed by atoms with van der Waals surface area (Å²) in [4.78, 5) is 17.8. The van der Waals surface area contributed by atoms with E-state index in [0.29, 0.717) is 17.3 Å². The number of aromatic nitrogens is 3. The maximum absolute atomic E-state index is 12.1. The largest absolute Gasteiger partial charge is 0.336 e. The van der Waals surface area contributed by atoms with Crippen molar-refractivity contribution in [2.45, 2.75) is 45.6 Å². The Labute approximate surface area is 102 Å². The summed E-state index contributed by atoms with van der Waals surface area (Å²) in [6.07, 6.45) is 5.86. The minimum absolute atomic E-state index is 0.0628. The van der Waals surface area contributed by atoms with E-state index in [1.54, 1.807) is 4.90 Å². The van der Waals surface area contributed by atoms with Crippen LogP contribution in [0.25, 0.3) is 0 Å². The number of carbonyl (C=O) groups is 1. The Morgan fingerprint density at radius 2 is 2.12 bits per heavy atom. The molecule has 1 aliphatic carbocycles. The van der Waals surface area contributed by atoms with E-state index in [-0.39, 0.29) is 5.91 Å². The number of nitrogens with zero attached hydrogens (tertiary/aromatic N) is 3. The molecule has 1 heterocycles. The van der Waals surface area contributed by atoms with Crippen molar-refractivity contribution in [2.75, 3.05) is 7.05 Å². The van der Waals surface area contributed by atoms with Crippen LogP contribution in [0.2, 0.25) is 0 Å². The average molecular weight is 236 g/mol. The predicted molar refractivity (Wildman–Crippen MR) is 64.5 cm³/mol. The molecule has 1 fully saturated rings. The number of rotatable bonds is 2. The van der Waals surface area contributed by atoms with Crippen molar-refractivity contribution >= 4 is 5.91 Å². The molecular formula is C12H20N4O. The fourth-order valence-corrected chi connectivity index (χ4v) is 2.41. The zero-order valence-corrected chi connectivity index (χ0v) is 10.7. The van der Waals surface area contributed by atoms with Gasteiger partial charge < -0.3 is 4.90 Å². The van der Waals surface area contributed by atoms with Gasteiger partial charge in [-0.25, -0.2) is 4.98 Å². The van der Waals surface area contributed by atoms with E-state index < -0.39 is 0 Å². The fraction of sp³-hybridized carbons (Fsp3) is 0.750. The summed E-state index contributed by atoms with van der Waals surface area (Å²) in [5.74, 6) is 0.268. The molecule has 0 atom stereocenters. The van der Waals surface area contributed by atoms with E-state index in [2.05, 4.69) is 29.0 Å². The molecular weight excluding hydrogens is 216 g/mol. The smallest absolute Gasteiger partial charge is 0.291 e. The molecule has 1 amide bonds. The second-order valence-corrected chi connectivity index (χ2v) is 5.65. The Balaban J connectivity index is 1.97. The molecule has 0 saturated heterocycles. The fourth-order valence-electron chi connectivity index (χ4n) is 2.41. The lowest BCUT2D eigenvalue weighted by molar-refractivity contribution is 0.0624. The van der Waals surface area contributed by atoms with E-state index in [9.17, 15) is 4.79 Å². The van der Waals surface area contributed by atoms with Gasteiger partial charge in [-0.05, 0) is 31.1 Å². The van der Waals surface area contributed by atoms with Crippen LogP contribution >= 0.6 is 0 Å². The lowest BCUT2D eigenvalue weighted by Gasteiger charge is -2.38. The molecule has 5 heteroatoms. The first kappa shape index (κ1) is 12.1. The Morgan fingerprint density at radius 1 is 1.47 bits per heavy atom. The van der Waals surface area contributed by atoms with E-state index in [0.717, 1.165) is 12.8 Å². The van der Waals surface area contributed by atoms with Crippen molar-refractivity contribution in [2.24, 2.45) is 5.41 Å². The minimum atomic E-state index is -0.0628. The number of carbonyl (C=O) groups excluding carboxylic acids is 1. The molecule has 5 nitrogen and oxygen atoms in total. The van der Waals surface area contributed by atoms with E-state index in [1.807, 2.05) is 7.05 Å². The highest BCUT2D eigenvalue weighted by Crippen LogP contribution is 2.36. The summed E-state index contributed by atoms with van der Waals surface area (Å²) in [6.45, 7) is 4.59. The average Bonchev–Trinajstić information content (AvgIpc) is 2.80. The van der Waals surface area contributed by atoms with Crippen LogP contribution in [0.4, 0.5) is 0 Å². The Hall–Kier alpha value is -1.39. The normalized spacial score (nSPS) is 20.2. The van der Waals surface area contributed by atoms with Gasteiger partial charge in [-0.15, -0.1) is 0 Å². The van der Waals surface area contributed by atoms with Gasteiger partial charge in [-0.3, -0.25) is 9.89 Å². The topological polar surface area (TPSA) is 61.9 Å². The first-order valence-corrected chi connectivity index (χ1v) is 6.12. The van der Waals surface area contributed by atoms with Crippen LogP contribution in [-0.2, 0) is 0 Å². The van der Waals surface area contributed by atoms with Crippen LogP contribution in [0, 0.1) is 5.41 Å². The third-order valence-corrected chi connectivity index (χ3v) is 3.79. The van der Waals surface area contributed by atoms with Crippen molar-refractivity contribution in [1.29, 1.82) is 0 Å². The van der Waals surface area contributed by atoms with Gasteiger partial charge in [0.2, 0.25) is 5.82 Å². The Kier molecular flexibility index (Phi) is 3.17. The number of aromatic amines is 1. The highest BCUT2D eigenvalue weighted by atomic mass is 16.2. The summed E-state index contributed by atoms with van der Waals surface area (Å²) in [7, 11) is 1.86. The predicted octanol–water partition coefficient (Wildman–Crippen LogP) is 1.85. The zero-order valence-electron chi connectivity index (χ0n) is 10.7. The number of hydrogen-bond acceptors (Lipinski definition) is 3. The molecule has 0 bridgehead atoms. The van der Waals surface area contributed by atoms with Gasteiger partial charge in [0.15, 0.2) is 0 Å². The minimum Gasteiger partial charge on any atom is -0.336 e. The second kappa shape index (κ2) is 4.47. The van der Waals surface area contributed by atoms with Gasteiger partial charge in [0.1, 0.15) is 6.33 Å². The quantitative estimate of drug-likeness (QED) is 0.852. The number of H-pyrrole nitrogens is 1. The molecule has 1 aliphatic rings. The summed E-state index contributed by atoms with van der Waals surface area (Å²) in [6, 6.07) is 0.334. The second-order valence-electron chi connectivity index (χ2n) is 5.65. The summed E-state index contributed by atoms with van der Waals surface area (Å²) in [5.41, 5.74) is 0.423. The highest BCUT2D eigenvalue weighted by Gasteiger charge is 2.31. The van der Waals surface area contributed by atoms with Gasteiger partial charge in [0, 0.05) is 13.1 Å². The first-order valence-electron chi connectivity index (χ1n) is 6.12. The first-order chi connectivity index (χ1) is 7.99. The van der Waals surface area contributed by atoms with Crippen molar-refractivity contribution in [3.8, 4) is 0 Å². The van der Waals surface area contributed by atoms with E-state index in [1.165, 1.54) is 19.2 Å². The molecule has 1 aromatic rings. The number of hydrogen-bond donors (Lipinski definition) is 1. The molecule has 1 aromatic heterocycles. The molecule has 0 unspecified atom stereocenters. The molecule has 94 valence electrons. The van der Waals surface area contributed by atoms with Crippen LogP contribution in [-0.4, -0.2) is 39.1 Å². The van der Waals surface area contributed by atoms with Gasteiger partial charge >= 0.3 is 0 Å². The molecule has 2 rings (SSSR count). The molecule has 17 heavy (non-hydrogen) atoms. The highest BCUT2D eigenvalue weighted by molar-refractivity contribution is 5.90. The van der Waals surface area contributed by atoms with Crippen molar-refractivity contribution in [1.82, 2.24) is 20.1 Å². The van der Waals surface area contributed by atoms with Crippen LogP contribution in [0.3, 0.4) is 0 Å². The molecule has 1 N–H and O–H groups in total. The van der Waals surface area contributed by atoms with Gasteiger partial charge in [0.05, 0.1) is 0 Å². The third kappa shape index (κ3) is 2.65. The van der Waals surface area contributed by atoms with Gasteiger partial charge in [0.25, 0.3) is 5.91 Å². The van der Waals surface area contributed by atoms with Crippen LogP contribution in [0.5, 0.6) is 0 Å². The summed E-state index contributed by atoms with van der Waals surface area (Å²) < 4.78 is 0. The maximum atomic E-state index is 12.1. The number of amides is 1. The van der Waals surface area contributed by atoms with Gasteiger partial charge in [-0.2, -0.15) is 5.10 Å². The maximum Gasteiger partial charge on any atom is 0.291 e. The van der Waals surface area contributed by atoms with Crippen LogP contribution < -0.4 is 0 Å². The summed E-state index contributed by atoms with van der Waals surface area (Å²) >= 11 is 0. The van der Waals surface area contributed by atoms with Crippen LogP contribution in [0.1, 0.15) is 50.1 Å². The number of nitrogens with one attached hydrogen (secondary N) is 1. The molecule has 0 spiro atoms. The molecule has 0 radical (unpaired) electrons. The van der Waals surface area contributed by atoms with Gasteiger partial charge in [-0.1, -0.05) is 13.8 Å². The zero-order chi connectivity index (χ0) is 12.5. The van der Waals surface area contributed by atoms with Crippen LogP contribution in [0.15, 0.2) is 6.33 Å². The van der Waals surface area contributed by atoms with Crippen molar-refractivity contribution in [3.63, 3.8) is 0 Å². The summed E-state index contributed by atoms with van der Waals surface area (Å²) in [5, 5.41) is 6.33. The van der Waals surface area contributed by atoms with Crippen molar-refractivity contribution in [3.05, 3.63) is 12.2 Å². The monoisotopic (exact) mass is 236 g/mol. The van der Waals surface area contributed by atoms with Crippen molar-refractivity contribution < 1.29 is 4.79 Å². The third-order valence-electron chi connectivity index (χ3n) is 3.79. The molecule has 0 aliphatic heterocycles. The molecule has 0 aromatic carbocycles. The lowest BCUT2D eigenvalue weighted by atomic mass is 9.75. The Bertz CT molecular complexity index is 375. The Morgan fingerprint density at radius 3 is 2.65 bits per heavy atom. The standard InChI is InChI=1S/C12H20N4O/c1-12(2)6-4-9(5-7-12)16(3)11(17)10-13-8-14-15-10/h8-9H,4-7H2,1-3H3,(H,13,14,15).